The van der Waals surface area contributed by atoms with Crippen LogP contribution in [0.4, 0.5) is 0 Å². The first-order valence-electron chi connectivity index (χ1n) is 31.9. The van der Waals surface area contributed by atoms with Gasteiger partial charge >= 0.3 is 16.4 Å². The number of carboxylic acid groups (broad SMARTS) is 1. The number of rotatable bonds is 51. The topological polar surface area (TPSA) is 420 Å². The number of hydrogen-bond acceptors (Lipinski definition) is 18. The van der Waals surface area contributed by atoms with Crippen molar-refractivity contribution in [2.75, 3.05) is 6.54 Å². The molecule has 1 aromatic rings. The first-order chi connectivity index (χ1) is 44.1. The summed E-state index contributed by atoms with van der Waals surface area (Å²) in [5.74, 6) is -2.23. The number of aliphatic hydroxyl groups excluding tert-OH is 12. The molecule has 524 valence electrons. The number of allylic oxidation sites excluding steroid dienone is 16. The van der Waals surface area contributed by atoms with Gasteiger partial charge in [0, 0.05) is 49.4 Å². The smallest absolute Gasteiger partial charge is 0.397 e. The fraction of sp³-hybridized carbons (Fsp3) is 0.543. The summed E-state index contributed by atoms with van der Waals surface area (Å²) < 4.78 is 39.2. The highest BCUT2D eigenvalue weighted by Gasteiger charge is 2.31. The molecule has 0 heterocycles. The van der Waals surface area contributed by atoms with Gasteiger partial charge in [-0.25, -0.2) is 8.98 Å². The lowest BCUT2D eigenvalue weighted by atomic mass is 9.88. The van der Waals surface area contributed by atoms with Crippen LogP contribution in [0.1, 0.15) is 130 Å². The average molecular weight is 1330 g/mol. The Kier molecular flexibility index (Phi) is 46.4. The number of carboxylic acids is 1. The third kappa shape index (κ3) is 46.0. The lowest BCUT2D eigenvalue weighted by Gasteiger charge is -2.32. The van der Waals surface area contributed by atoms with Gasteiger partial charge in [-0.1, -0.05) is 191 Å². The third-order valence-corrected chi connectivity index (χ3v) is 15.6. The second-order valence-electron chi connectivity index (χ2n) is 23.7. The summed E-state index contributed by atoms with van der Waals surface area (Å²) in [5, 5.41) is 139. The van der Waals surface area contributed by atoms with Crippen molar-refractivity contribution in [2.45, 2.75) is 216 Å². The number of nitrogens with zero attached hydrogens (tertiary/aromatic N) is 1. The van der Waals surface area contributed by atoms with Gasteiger partial charge in [-0.05, 0) is 102 Å². The molecule has 0 saturated heterocycles. The molecule has 17 unspecified atom stereocenters. The van der Waals surface area contributed by atoms with Crippen LogP contribution in [0.2, 0.25) is 0 Å². The van der Waals surface area contributed by atoms with Crippen molar-refractivity contribution in [1.29, 1.82) is 0 Å². The van der Waals surface area contributed by atoms with Gasteiger partial charge in [0.05, 0.1) is 79.4 Å². The molecule has 0 aliphatic carbocycles. The predicted molar refractivity (Wildman–Crippen MR) is 365 cm³/mol. The molecule has 0 aromatic heterocycles. The molecule has 17 atom stereocenters. The Morgan fingerprint density at radius 1 is 0.548 bits per heavy atom. The maximum Gasteiger partial charge on any atom is 0.397 e. The summed E-state index contributed by atoms with van der Waals surface area (Å²) >= 11 is 0. The minimum atomic E-state index is -4.91. The van der Waals surface area contributed by atoms with Crippen molar-refractivity contribution in [2.24, 2.45) is 34.2 Å². The number of nitrogens with one attached hydrogen (secondary N) is 1. The van der Waals surface area contributed by atoms with E-state index in [2.05, 4.69) is 10.3 Å². The quantitative estimate of drug-likeness (QED) is 0.00692. The van der Waals surface area contributed by atoms with E-state index in [-0.39, 0.29) is 88.1 Å². The van der Waals surface area contributed by atoms with E-state index in [1.807, 2.05) is 61.6 Å². The van der Waals surface area contributed by atoms with E-state index >= 15 is 0 Å². The van der Waals surface area contributed by atoms with Crippen molar-refractivity contribution >= 4 is 22.3 Å². The lowest BCUT2D eigenvalue weighted by molar-refractivity contribution is -0.132. The van der Waals surface area contributed by atoms with Crippen LogP contribution in [-0.2, 0) is 25.9 Å². The fourth-order valence-electron chi connectivity index (χ4n) is 9.74. The molecule has 0 aliphatic heterocycles. The van der Waals surface area contributed by atoms with Crippen molar-refractivity contribution in [1.82, 2.24) is 5.32 Å². The third-order valence-electron chi connectivity index (χ3n) is 15.1. The Morgan fingerprint density at radius 2 is 1.02 bits per heavy atom. The molecular formula is C70H110N4O18S. The van der Waals surface area contributed by atoms with Crippen LogP contribution in [-0.4, -0.2) is 183 Å². The Balaban J connectivity index is 2.71. The predicted octanol–water partition coefficient (Wildman–Crippen LogP) is 5.85. The Morgan fingerprint density at radius 3 is 1.56 bits per heavy atom. The van der Waals surface area contributed by atoms with Gasteiger partial charge in [-0.15, -0.1) is 0 Å². The minimum absolute atomic E-state index is 0.0197. The highest BCUT2D eigenvalue weighted by atomic mass is 32.3. The summed E-state index contributed by atoms with van der Waals surface area (Å²) in [6, 6.07) is 8.79. The van der Waals surface area contributed by atoms with E-state index in [0.717, 1.165) is 18.4 Å². The molecule has 0 bridgehead atoms. The highest BCUT2D eigenvalue weighted by Crippen LogP contribution is 2.25. The van der Waals surface area contributed by atoms with Gasteiger partial charge in [0.15, 0.2) is 5.96 Å². The highest BCUT2D eigenvalue weighted by molar-refractivity contribution is 7.80. The zero-order chi connectivity index (χ0) is 69.6. The molecule has 0 aliphatic rings. The van der Waals surface area contributed by atoms with E-state index < -0.39 is 114 Å². The number of carbonyl (C=O) groups is 1. The number of benzene rings is 1. The first kappa shape index (κ1) is 85.2. The zero-order valence-corrected chi connectivity index (χ0v) is 55.2. The summed E-state index contributed by atoms with van der Waals surface area (Å²) in [6.45, 7) is 7.61. The van der Waals surface area contributed by atoms with E-state index in [1.165, 1.54) is 37.3 Å². The van der Waals surface area contributed by atoms with Gasteiger partial charge in [-0.2, -0.15) is 8.42 Å². The van der Waals surface area contributed by atoms with Gasteiger partial charge in [-0.3, -0.25) is 9.55 Å². The van der Waals surface area contributed by atoms with Crippen LogP contribution in [0.15, 0.2) is 181 Å². The average Bonchev–Trinajstić information content (AvgIpc) is 1.10. The molecule has 0 saturated carbocycles. The number of aliphatic hydroxyl groups is 12. The summed E-state index contributed by atoms with van der Waals surface area (Å²) in [6.07, 6.45) is 28.0. The molecule has 0 fully saturated rings. The van der Waals surface area contributed by atoms with Crippen molar-refractivity contribution < 1.29 is 88.3 Å². The summed E-state index contributed by atoms with van der Waals surface area (Å²) in [4.78, 5) is 14.7. The van der Waals surface area contributed by atoms with E-state index in [1.54, 1.807) is 98.9 Å². The van der Waals surface area contributed by atoms with Gasteiger partial charge in [0.25, 0.3) is 0 Å². The Bertz CT molecular complexity index is 2690. The lowest BCUT2D eigenvalue weighted by Crippen LogP contribution is -2.44. The normalized spacial score (nSPS) is 19.0. The SMILES string of the molecule is C\C(=C/C=C/C=C/CC/C=C/C(C)C(O)C(C)C(O)/C=C/C=C/C=C/C=C/C=C/C=C/CC(OS(=O)(=O)O)C(C)C(CC(O)CC(O)/C=C/CC(O)CC(O)CC(O)/C=C/CC(O)CC(O)CC(O)CC(O)CC(O)CCCN=C(N)N)NCc1ccccc1)C(=O)O. The largest absolute Gasteiger partial charge is 0.478 e. The maximum atomic E-state index is 12.1. The van der Waals surface area contributed by atoms with Crippen molar-refractivity contribution in [3.05, 3.63) is 181 Å². The second kappa shape index (κ2) is 50.6. The van der Waals surface area contributed by atoms with Crippen molar-refractivity contribution in [3.63, 3.8) is 0 Å². The number of unbranched alkanes of at least 4 members (excludes halogenated alkanes) is 1. The molecule has 0 radical (unpaired) electrons. The standard InChI is InChI=1S/C70H110N4O18S/c1-50(29-20-15-11-10-12-16-21-30-51(2)69(87)88)68(86)53(4)66(85)38-24-17-13-8-6-5-7-9-14-18-25-39-67(92-93(89,90)91)52(3)65(74-49-54-31-22-19-23-32-54)48-64(84)45-58(78)36-27-34-56(76)42-60(80)41-55(75)33-26-35-57(77)43-61(81)46-63(83)47-62(82)44-59(79)37-28-40-73-70(71)72/h5-10,12-14,16-27,29-33,36,38,50,52-53,55-68,74-86H,11,15,28,34-35,37,39-49H2,1-4H3,(H,87,88)(H4,71,72,73)(H,89,90,91)/b7-5+,8-6+,12-10+,14-9+,17-13+,21-16+,25-18+,29-20+,33-26+,36-27+,38-24+,51-30+. The van der Waals surface area contributed by atoms with Crippen LogP contribution < -0.4 is 16.8 Å². The van der Waals surface area contributed by atoms with Crippen LogP contribution >= 0.6 is 0 Å². The zero-order valence-electron chi connectivity index (χ0n) is 54.4. The molecule has 23 heteroatoms. The number of aliphatic carboxylic acids is 1. The molecule has 0 spiro atoms. The molecule has 19 N–H and O–H groups in total. The Labute approximate surface area is 551 Å². The van der Waals surface area contributed by atoms with Gasteiger partial charge in [0.1, 0.15) is 0 Å². The van der Waals surface area contributed by atoms with Crippen LogP contribution in [0.3, 0.4) is 0 Å². The first-order valence-corrected chi connectivity index (χ1v) is 33.3. The van der Waals surface area contributed by atoms with Crippen LogP contribution in [0.5, 0.6) is 0 Å². The van der Waals surface area contributed by atoms with E-state index in [4.69, 9.17) is 20.8 Å². The molecule has 1 aromatic carbocycles. The van der Waals surface area contributed by atoms with Crippen molar-refractivity contribution in [3.8, 4) is 0 Å². The number of hydrogen-bond donors (Lipinski definition) is 17. The van der Waals surface area contributed by atoms with E-state index in [0.29, 0.717) is 25.9 Å². The number of nitrogens with two attached hydrogens (primary N) is 2. The maximum absolute atomic E-state index is 12.1. The second-order valence-corrected chi connectivity index (χ2v) is 24.7. The van der Waals surface area contributed by atoms with Gasteiger partial charge in [0.2, 0.25) is 0 Å². The monoisotopic (exact) mass is 1330 g/mol. The molecular weight excluding hydrogens is 1220 g/mol. The summed E-state index contributed by atoms with van der Waals surface area (Å²) in [5.41, 5.74) is 11.7. The number of guanidine groups is 1. The van der Waals surface area contributed by atoms with E-state index in [9.17, 15) is 79.0 Å². The molecule has 93 heavy (non-hydrogen) atoms. The minimum Gasteiger partial charge on any atom is -0.478 e. The molecule has 22 nitrogen and oxygen atoms in total. The fourth-order valence-corrected chi connectivity index (χ4v) is 10.3. The summed E-state index contributed by atoms with van der Waals surface area (Å²) in [7, 11) is -4.91. The molecule has 1 rings (SSSR count). The number of aliphatic imine (C=N–C) groups is 1. The van der Waals surface area contributed by atoms with Gasteiger partial charge < -0.3 is 83.2 Å². The van der Waals surface area contributed by atoms with Crippen LogP contribution in [0, 0.1) is 17.8 Å². The van der Waals surface area contributed by atoms with Crippen LogP contribution in [0.25, 0.3) is 0 Å². The Hall–Kier alpha value is -5.81. The molecule has 0 amide bonds.